The largest absolute Gasteiger partial charge is 0.508 e. The molecule has 1 saturated heterocycles. The van der Waals surface area contributed by atoms with E-state index in [-0.39, 0.29) is 11.9 Å². The van der Waals surface area contributed by atoms with Gasteiger partial charge in [-0.15, -0.1) is 0 Å². The highest BCUT2D eigenvalue weighted by molar-refractivity contribution is 5.93. The van der Waals surface area contributed by atoms with Gasteiger partial charge in [0.2, 0.25) is 5.91 Å². The number of rotatable bonds is 5. The highest BCUT2D eigenvalue weighted by Crippen LogP contribution is 2.27. The van der Waals surface area contributed by atoms with Crippen molar-refractivity contribution in [3.05, 3.63) is 59.7 Å². The first-order valence-electron chi connectivity index (χ1n) is 9.46. The maximum absolute atomic E-state index is 12.6. The van der Waals surface area contributed by atoms with Crippen LogP contribution in [0.4, 0.5) is 5.69 Å². The van der Waals surface area contributed by atoms with E-state index >= 15 is 0 Å². The molecular weight excluding hydrogens is 324 g/mol. The van der Waals surface area contributed by atoms with Gasteiger partial charge < -0.3 is 10.0 Å². The van der Waals surface area contributed by atoms with Crippen LogP contribution < -0.4 is 4.90 Å². The van der Waals surface area contributed by atoms with E-state index in [1.807, 2.05) is 30.0 Å². The molecule has 2 aromatic carbocycles. The highest BCUT2D eigenvalue weighted by Gasteiger charge is 2.28. The molecule has 1 N–H and O–H groups in total. The summed E-state index contributed by atoms with van der Waals surface area (Å²) in [5.41, 5.74) is 3.17. The SMILES string of the molecule is CCC(=O)N(c1ccc(C)cc1)C1CCN(Cc2ccccc2O)CC1. The maximum Gasteiger partial charge on any atom is 0.226 e. The van der Waals surface area contributed by atoms with Crippen LogP contribution in [0.15, 0.2) is 48.5 Å². The standard InChI is InChI=1S/C22H28N2O2/c1-3-22(26)24(19-10-8-17(2)9-11-19)20-12-14-23(15-13-20)16-18-6-4-5-7-21(18)25/h4-11,20,25H,3,12-16H2,1-2H3. The molecule has 0 aliphatic carbocycles. The molecule has 1 fully saturated rings. The molecule has 138 valence electrons. The number of anilines is 1. The van der Waals surface area contributed by atoms with Crippen molar-refractivity contribution in [2.75, 3.05) is 18.0 Å². The summed E-state index contributed by atoms with van der Waals surface area (Å²) in [7, 11) is 0. The summed E-state index contributed by atoms with van der Waals surface area (Å²) in [6, 6.07) is 16.0. The van der Waals surface area contributed by atoms with Gasteiger partial charge in [0.05, 0.1) is 0 Å². The summed E-state index contributed by atoms with van der Waals surface area (Å²) < 4.78 is 0. The molecule has 0 bridgehead atoms. The van der Waals surface area contributed by atoms with Crippen LogP contribution in [0.1, 0.15) is 37.3 Å². The van der Waals surface area contributed by atoms with Gasteiger partial charge in [-0.25, -0.2) is 0 Å². The molecule has 1 amide bonds. The Hall–Kier alpha value is -2.33. The summed E-state index contributed by atoms with van der Waals surface area (Å²) >= 11 is 0. The topological polar surface area (TPSA) is 43.8 Å². The minimum absolute atomic E-state index is 0.188. The molecule has 1 aliphatic heterocycles. The van der Waals surface area contributed by atoms with E-state index in [0.29, 0.717) is 12.2 Å². The lowest BCUT2D eigenvalue weighted by molar-refractivity contribution is -0.119. The van der Waals surface area contributed by atoms with Crippen molar-refractivity contribution in [3.63, 3.8) is 0 Å². The number of aromatic hydroxyl groups is 1. The quantitative estimate of drug-likeness (QED) is 0.881. The fraction of sp³-hybridized carbons (Fsp3) is 0.409. The van der Waals surface area contributed by atoms with E-state index < -0.39 is 0 Å². The van der Waals surface area contributed by atoms with Gasteiger partial charge >= 0.3 is 0 Å². The van der Waals surface area contributed by atoms with E-state index in [9.17, 15) is 9.90 Å². The number of hydrogen-bond acceptors (Lipinski definition) is 3. The third-order valence-electron chi connectivity index (χ3n) is 5.19. The number of phenolic OH excluding ortho intramolecular Hbond substituents is 1. The molecule has 0 spiro atoms. The molecule has 1 heterocycles. The van der Waals surface area contributed by atoms with Crippen LogP contribution in [-0.4, -0.2) is 35.0 Å². The van der Waals surface area contributed by atoms with Gasteiger partial charge in [-0.05, 0) is 38.0 Å². The van der Waals surface area contributed by atoms with Crippen molar-refractivity contribution < 1.29 is 9.90 Å². The highest BCUT2D eigenvalue weighted by atomic mass is 16.3. The Balaban J connectivity index is 1.67. The number of likely N-dealkylation sites (tertiary alicyclic amines) is 1. The van der Waals surface area contributed by atoms with Crippen LogP contribution in [0.5, 0.6) is 5.75 Å². The lowest BCUT2D eigenvalue weighted by Crippen LogP contribution is -2.47. The second kappa shape index (κ2) is 8.37. The smallest absolute Gasteiger partial charge is 0.226 e. The lowest BCUT2D eigenvalue weighted by atomic mass is 10.0. The van der Waals surface area contributed by atoms with Gasteiger partial charge in [0.1, 0.15) is 5.75 Å². The molecule has 26 heavy (non-hydrogen) atoms. The number of carbonyl (C=O) groups excluding carboxylic acids is 1. The molecule has 0 radical (unpaired) electrons. The van der Waals surface area contributed by atoms with Crippen molar-refractivity contribution in [1.29, 1.82) is 0 Å². The maximum atomic E-state index is 12.6. The Bertz CT molecular complexity index is 734. The molecule has 4 nitrogen and oxygen atoms in total. The number of amides is 1. The Labute approximate surface area is 156 Å². The fourth-order valence-electron chi connectivity index (χ4n) is 3.66. The number of nitrogens with zero attached hydrogens (tertiary/aromatic N) is 2. The number of para-hydroxylation sites is 1. The Morgan fingerprint density at radius 2 is 1.77 bits per heavy atom. The summed E-state index contributed by atoms with van der Waals surface area (Å²) in [4.78, 5) is 16.9. The molecule has 0 saturated carbocycles. The molecule has 4 heteroatoms. The lowest BCUT2D eigenvalue weighted by Gasteiger charge is -2.38. The number of hydrogen-bond donors (Lipinski definition) is 1. The van der Waals surface area contributed by atoms with Crippen molar-refractivity contribution in [2.24, 2.45) is 0 Å². The second-order valence-corrected chi connectivity index (χ2v) is 7.09. The van der Waals surface area contributed by atoms with E-state index in [1.165, 1.54) is 5.56 Å². The number of benzene rings is 2. The van der Waals surface area contributed by atoms with E-state index in [4.69, 9.17) is 0 Å². The van der Waals surface area contributed by atoms with Crippen molar-refractivity contribution in [1.82, 2.24) is 4.90 Å². The summed E-state index contributed by atoms with van der Waals surface area (Å²) in [5, 5.41) is 9.98. The van der Waals surface area contributed by atoms with Crippen molar-refractivity contribution >= 4 is 11.6 Å². The molecule has 3 rings (SSSR count). The zero-order valence-corrected chi connectivity index (χ0v) is 15.7. The predicted octanol–water partition coefficient (Wildman–Crippen LogP) is 4.11. The van der Waals surface area contributed by atoms with Gasteiger partial charge in [0.15, 0.2) is 0 Å². The van der Waals surface area contributed by atoms with Gasteiger partial charge in [-0.1, -0.05) is 42.8 Å². The van der Waals surface area contributed by atoms with E-state index in [2.05, 4.69) is 36.1 Å². The van der Waals surface area contributed by atoms with Crippen LogP contribution in [0, 0.1) is 6.92 Å². The van der Waals surface area contributed by atoms with Crippen molar-refractivity contribution in [3.8, 4) is 5.75 Å². The van der Waals surface area contributed by atoms with Crippen LogP contribution in [0.3, 0.4) is 0 Å². The monoisotopic (exact) mass is 352 g/mol. The normalized spacial score (nSPS) is 15.8. The average Bonchev–Trinajstić information content (AvgIpc) is 2.66. The fourth-order valence-corrected chi connectivity index (χ4v) is 3.66. The minimum atomic E-state index is 0.188. The Kier molecular flexibility index (Phi) is 5.94. The predicted molar refractivity (Wildman–Crippen MR) is 105 cm³/mol. The van der Waals surface area contributed by atoms with Gasteiger partial charge in [0.25, 0.3) is 0 Å². The third-order valence-corrected chi connectivity index (χ3v) is 5.19. The zero-order valence-electron chi connectivity index (χ0n) is 15.7. The molecule has 0 unspecified atom stereocenters. The molecular formula is C22H28N2O2. The van der Waals surface area contributed by atoms with Crippen LogP contribution in [-0.2, 0) is 11.3 Å². The molecule has 0 atom stereocenters. The van der Waals surface area contributed by atoms with Crippen molar-refractivity contribution in [2.45, 2.75) is 45.7 Å². The zero-order chi connectivity index (χ0) is 18.5. The van der Waals surface area contributed by atoms with Gasteiger partial charge in [-0.3, -0.25) is 9.69 Å². The van der Waals surface area contributed by atoms with Gasteiger partial charge in [-0.2, -0.15) is 0 Å². The number of phenols is 1. The number of carbonyl (C=O) groups is 1. The number of piperidine rings is 1. The van der Waals surface area contributed by atoms with Crippen LogP contribution in [0.25, 0.3) is 0 Å². The van der Waals surface area contributed by atoms with Crippen LogP contribution in [0.2, 0.25) is 0 Å². The second-order valence-electron chi connectivity index (χ2n) is 7.09. The molecule has 0 aromatic heterocycles. The minimum Gasteiger partial charge on any atom is -0.508 e. The first kappa shape index (κ1) is 18.5. The number of aryl methyl sites for hydroxylation is 1. The molecule has 2 aromatic rings. The average molecular weight is 352 g/mol. The molecule has 1 aliphatic rings. The Morgan fingerprint density at radius 1 is 1.12 bits per heavy atom. The first-order chi connectivity index (χ1) is 12.6. The summed E-state index contributed by atoms with van der Waals surface area (Å²) in [6.07, 6.45) is 2.42. The van der Waals surface area contributed by atoms with Crippen LogP contribution >= 0.6 is 0 Å². The van der Waals surface area contributed by atoms with E-state index in [1.54, 1.807) is 6.07 Å². The first-order valence-corrected chi connectivity index (χ1v) is 9.46. The third kappa shape index (κ3) is 4.25. The summed E-state index contributed by atoms with van der Waals surface area (Å²) in [5.74, 6) is 0.546. The van der Waals surface area contributed by atoms with E-state index in [0.717, 1.165) is 43.7 Å². The van der Waals surface area contributed by atoms with Gasteiger partial charge in [0, 0.05) is 43.3 Å². The summed E-state index contributed by atoms with van der Waals surface area (Å²) in [6.45, 7) is 6.60. The Morgan fingerprint density at radius 3 is 2.38 bits per heavy atom.